The second kappa shape index (κ2) is 8.41. The van der Waals surface area contributed by atoms with Crippen LogP contribution in [0, 0.1) is 0 Å². The van der Waals surface area contributed by atoms with Crippen molar-refractivity contribution in [3.63, 3.8) is 0 Å². The van der Waals surface area contributed by atoms with Crippen LogP contribution in [0.25, 0.3) is 22.3 Å². The topological polar surface area (TPSA) is 181 Å². The minimum atomic E-state index is -1.61. The van der Waals surface area contributed by atoms with E-state index in [1.54, 1.807) is 0 Å². The first-order valence-electron chi connectivity index (χ1n) is 9.82. The van der Waals surface area contributed by atoms with Gasteiger partial charge in [0.2, 0.25) is 0 Å². The van der Waals surface area contributed by atoms with Gasteiger partial charge in [0, 0.05) is 29.7 Å². The summed E-state index contributed by atoms with van der Waals surface area (Å²) in [4.78, 5) is 12.7. The van der Waals surface area contributed by atoms with E-state index in [1.165, 1.54) is 24.3 Å². The van der Waals surface area contributed by atoms with Crippen LogP contribution in [0.4, 0.5) is 0 Å². The van der Waals surface area contributed by atoms with Crippen LogP contribution in [0.1, 0.15) is 5.56 Å². The Labute approximate surface area is 180 Å². The quantitative estimate of drug-likeness (QED) is 0.287. The summed E-state index contributed by atoms with van der Waals surface area (Å²) in [6.45, 7) is -0.621. The van der Waals surface area contributed by atoms with Crippen molar-refractivity contribution in [3.8, 4) is 28.6 Å². The number of ether oxygens (including phenoxy) is 1. The highest BCUT2D eigenvalue weighted by Gasteiger charge is 2.43. The number of aliphatic hydroxyl groups excluding tert-OH is 4. The second-order valence-corrected chi connectivity index (χ2v) is 7.69. The number of fused-ring (bicyclic) bond motifs is 1. The molecule has 0 saturated carbocycles. The average Bonchev–Trinajstić information content (AvgIpc) is 2.76. The number of phenolic OH excluding ortho intramolecular Hbond substituents is 3. The Kier molecular flexibility index (Phi) is 5.80. The van der Waals surface area contributed by atoms with Crippen LogP contribution in [0.3, 0.4) is 0 Å². The highest BCUT2D eigenvalue weighted by atomic mass is 16.5. The Bertz CT molecular complexity index is 1180. The first kappa shape index (κ1) is 22.1. The third kappa shape index (κ3) is 3.78. The largest absolute Gasteiger partial charge is 0.508 e. The highest BCUT2D eigenvalue weighted by molar-refractivity contribution is 5.89. The van der Waals surface area contributed by atoms with E-state index in [4.69, 9.17) is 9.15 Å². The zero-order chi connectivity index (χ0) is 23.2. The third-order valence-electron chi connectivity index (χ3n) is 5.61. The lowest BCUT2D eigenvalue weighted by molar-refractivity contribution is -0.228. The summed E-state index contributed by atoms with van der Waals surface area (Å²) in [5.74, 6) is -0.850. The van der Waals surface area contributed by atoms with Crippen molar-refractivity contribution >= 4 is 11.0 Å². The van der Waals surface area contributed by atoms with Crippen molar-refractivity contribution in [2.24, 2.45) is 0 Å². The van der Waals surface area contributed by atoms with Gasteiger partial charge in [-0.25, -0.2) is 0 Å². The van der Waals surface area contributed by atoms with Gasteiger partial charge in [-0.1, -0.05) is 0 Å². The maximum Gasteiger partial charge on any atom is 0.197 e. The molecule has 32 heavy (non-hydrogen) atoms. The Hall–Kier alpha value is -3.15. The maximum absolute atomic E-state index is 12.7. The van der Waals surface area contributed by atoms with Crippen LogP contribution in [-0.2, 0) is 11.2 Å². The van der Waals surface area contributed by atoms with Gasteiger partial charge in [-0.2, -0.15) is 0 Å². The van der Waals surface area contributed by atoms with E-state index in [-0.39, 0.29) is 34.5 Å². The summed E-state index contributed by atoms with van der Waals surface area (Å²) in [5.41, 5.74) is -0.291. The molecule has 4 rings (SSSR count). The summed E-state index contributed by atoms with van der Waals surface area (Å²) < 4.78 is 11.3. The highest BCUT2D eigenvalue weighted by Crippen LogP contribution is 2.37. The van der Waals surface area contributed by atoms with Crippen molar-refractivity contribution in [2.45, 2.75) is 36.9 Å². The number of aliphatic hydroxyl groups is 4. The van der Waals surface area contributed by atoms with E-state index < -0.39 is 54.1 Å². The predicted molar refractivity (Wildman–Crippen MR) is 110 cm³/mol. The van der Waals surface area contributed by atoms with Crippen molar-refractivity contribution < 1.29 is 44.9 Å². The molecule has 3 aromatic rings. The lowest BCUT2D eigenvalue weighted by atomic mass is 9.90. The molecule has 5 atom stereocenters. The lowest BCUT2D eigenvalue weighted by Crippen LogP contribution is -2.59. The van der Waals surface area contributed by atoms with Crippen LogP contribution in [0.2, 0.25) is 0 Å². The Balaban J connectivity index is 1.83. The van der Waals surface area contributed by atoms with Crippen molar-refractivity contribution in [1.82, 2.24) is 0 Å². The van der Waals surface area contributed by atoms with E-state index in [9.17, 15) is 40.5 Å². The number of hydrogen-bond donors (Lipinski definition) is 7. The van der Waals surface area contributed by atoms with Gasteiger partial charge >= 0.3 is 0 Å². The first-order chi connectivity index (χ1) is 15.2. The van der Waals surface area contributed by atoms with Gasteiger partial charge in [-0.05, 0) is 24.3 Å². The summed E-state index contributed by atoms with van der Waals surface area (Å²) >= 11 is 0. The number of benzene rings is 2. The molecule has 0 bridgehead atoms. The Morgan fingerprint density at radius 3 is 2.16 bits per heavy atom. The Morgan fingerprint density at radius 2 is 1.50 bits per heavy atom. The summed E-state index contributed by atoms with van der Waals surface area (Å²) in [6.07, 6.45) is -7.32. The van der Waals surface area contributed by atoms with Gasteiger partial charge in [0.25, 0.3) is 0 Å². The molecule has 10 heteroatoms. The first-order valence-corrected chi connectivity index (χ1v) is 9.82. The molecule has 10 nitrogen and oxygen atoms in total. The zero-order valence-electron chi connectivity index (χ0n) is 16.6. The maximum atomic E-state index is 12.7. The predicted octanol–water partition coefficient (Wildman–Crippen LogP) is -0.0383. The molecule has 1 aromatic heterocycles. The molecule has 2 aromatic carbocycles. The van der Waals surface area contributed by atoms with Crippen LogP contribution in [0.15, 0.2) is 45.6 Å². The van der Waals surface area contributed by atoms with Crippen LogP contribution in [0.5, 0.6) is 17.2 Å². The van der Waals surface area contributed by atoms with Crippen LogP contribution >= 0.6 is 0 Å². The summed E-state index contributed by atoms with van der Waals surface area (Å²) in [7, 11) is 0. The minimum Gasteiger partial charge on any atom is -0.508 e. The van der Waals surface area contributed by atoms with Crippen LogP contribution < -0.4 is 5.43 Å². The molecule has 170 valence electrons. The van der Waals surface area contributed by atoms with Crippen molar-refractivity contribution in [2.75, 3.05) is 6.61 Å². The molecule has 2 heterocycles. The van der Waals surface area contributed by atoms with Crippen molar-refractivity contribution in [3.05, 3.63) is 52.2 Å². The molecular weight excluding hydrogens is 424 g/mol. The summed E-state index contributed by atoms with van der Waals surface area (Å²) in [6, 6.07) is 7.93. The lowest BCUT2D eigenvalue weighted by Gasteiger charge is -2.40. The molecule has 0 spiro atoms. The molecule has 1 saturated heterocycles. The molecule has 5 unspecified atom stereocenters. The number of phenols is 3. The number of hydrogen-bond acceptors (Lipinski definition) is 10. The van der Waals surface area contributed by atoms with Gasteiger partial charge in [0.05, 0.1) is 12.7 Å². The molecule has 1 aliphatic rings. The smallest absolute Gasteiger partial charge is 0.197 e. The molecule has 7 N–H and O–H groups in total. The summed E-state index contributed by atoms with van der Waals surface area (Å²) in [5, 5.41) is 69.7. The molecule has 1 aliphatic heterocycles. The van der Waals surface area contributed by atoms with E-state index in [2.05, 4.69) is 0 Å². The van der Waals surface area contributed by atoms with Crippen molar-refractivity contribution in [1.29, 1.82) is 0 Å². The fourth-order valence-electron chi connectivity index (χ4n) is 3.87. The monoisotopic (exact) mass is 446 g/mol. The standard InChI is InChI=1S/C22H22O10/c23-8-17-20(29)21(30)19(28)16(31-17)5-11-12(25)6-13(26)18-14(27)7-15(32-22(11)18)9-1-3-10(24)4-2-9/h1-4,6-7,16-17,19-21,23-26,28-30H,5,8H2. The van der Waals surface area contributed by atoms with E-state index in [0.29, 0.717) is 5.56 Å². The third-order valence-corrected chi connectivity index (χ3v) is 5.61. The average molecular weight is 446 g/mol. The second-order valence-electron chi connectivity index (χ2n) is 7.69. The minimum absolute atomic E-state index is 0.00971. The zero-order valence-corrected chi connectivity index (χ0v) is 16.6. The van der Waals surface area contributed by atoms with E-state index >= 15 is 0 Å². The van der Waals surface area contributed by atoms with Gasteiger partial charge < -0.3 is 44.9 Å². The van der Waals surface area contributed by atoms with Gasteiger partial charge in [-0.3, -0.25) is 4.79 Å². The normalized spacial score (nSPS) is 25.8. The van der Waals surface area contributed by atoms with Crippen LogP contribution in [-0.4, -0.2) is 72.9 Å². The molecule has 1 fully saturated rings. The molecule has 0 radical (unpaired) electrons. The number of rotatable bonds is 4. The molecule has 0 amide bonds. The fourth-order valence-corrected chi connectivity index (χ4v) is 3.87. The van der Waals surface area contributed by atoms with Gasteiger partial charge in [0.15, 0.2) is 5.43 Å². The fraction of sp³-hybridized carbons (Fsp3) is 0.318. The Morgan fingerprint density at radius 1 is 0.844 bits per heavy atom. The SMILES string of the molecule is O=c1cc(-c2ccc(O)cc2)oc2c(CC3OC(CO)C(O)C(O)C3O)c(O)cc(O)c12. The molecule has 0 aliphatic carbocycles. The molecular formula is C22H22O10. The van der Waals surface area contributed by atoms with E-state index in [1.807, 2.05) is 0 Å². The van der Waals surface area contributed by atoms with Gasteiger partial charge in [-0.15, -0.1) is 0 Å². The van der Waals surface area contributed by atoms with Gasteiger partial charge in [0.1, 0.15) is 58.4 Å². The number of aromatic hydroxyl groups is 3. The van der Waals surface area contributed by atoms with E-state index in [0.717, 1.165) is 12.1 Å².